The van der Waals surface area contributed by atoms with Gasteiger partial charge in [-0.1, -0.05) is 103 Å². The van der Waals surface area contributed by atoms with Gasteiger partial charge in [0, 0.05) is 22.9 Å². The zero-order valence-electron chi connectivity index (χ0n) is 18.4. The second kappa shape index (κ2) is 7.87. The van der Waals surface area contributed by atoms with Crippen LogP contribution in [0.5, 0.6) is 0 Å². The monoisotopic (exact) mass is 411 g/mol. The van der Waals surface area contributed by atoms with Crippen LogP contribution in [0.2, 0.25) is 0 Å². The molecule has 2 atom stereocenters. The third-order valence-corrected chi connectivity index (χ3v) is 7.04. The van der Waals surface area contributed by atoms with Crippen LogP contribution < -0.4 is 10.4 Å². The highest BCUT2D eigenvalue weighted by Crippen LogP contribution is 2.47. The predicted octanol–water partition coefficient (Wildman–Crippen LogP) is 5.77. The molecule has 0 saturated carbocycles. The molecule has 6 rings (SSSR count). The molecule has 2 unspecified atom stereocenters. The normalized spacial score (nSPS) is 21.1. The van der Waals surface area contributed by atoms with E-state index < -0.39 is 0 Å². The van der Waals surface area contributed by atoms with Crippen LogP contribution in [0.3, 0.4) is 0 Å². The third kappa shape index (κ3) is 3.19. The molecule has 154 valence electrons. The first-order valence-corrected chi connectivity index (χ1v) is 11.6. The van der Waals surface area contributed by atoms with Crippen molar-refractivity contribution in [2.24, 2.45) is 0 Å². The number of fused-ring (bicyclic) bond motifs is 5. The molecule has 0 spiro atoms. The Morgan fingerprint density at radius 2 is 1.47 bits per heavy atom. The molecule has 3 aliphatic rings. The maximum absolute atomic E-state index is 2.60. The largest absolute Gasteiger partial charge is 0.337 e. The molecule has 1 heterocycles. The summed E-state index contributed by atoms with van der Waals surface area (Å²) in [5.41, 5.74) is 10.9. The van der Waals surface area contributed by atoms with Crippen molar-refractivity contribution in [3.63, 3.8) is 0 Å². The van der Waals surface area contributed by atoms with Crippen LogP contribution in [-0.2, 0) is 0 Å². The Labute approximate surface area is 191 Å². The van der Waals surface area contributed by atoms with Crippen molar-refractivity contribution in [3.05, 3.63) is 126 Å². The van der Waals surface area contributed by atoms with Gasteiger partial charge in [-0.25, -0.2) is 0 Å². The van der Waals surface area contributed by atoms with E-state index in [4.69, 9.17) is 0 Å². The molecule has 32 heavy (non-hydrogen) atoms. The summed E-state index contributed by atoms with van der Waals surface area (Å²) in [5.74, 6) is 0.340. The minimum absolute atomic E-state index is 0.283. The van der Waals surface area contributed by atoms with Gasteiger partial charge in [-0.05, 0) is 47.2 Å². The van der Waals surface area contributed by atoms with Gasteiger partial charge in [0.25, 0.3) is 0 Å². The van der Waals surface area contributed by atoms with Gasteiger partial charge >= 0.3 is 0 Å². The molecule has 2 heteroatoms. The lowest BCUT2D eigenvalue weighted by Crippen LogP contribution is -2.37. The van der Waals surface area contributed by atoms with Gasteiger partial charge in [0.15, 0.2) is 0 Å². The maximum atomic E-state index is 2.60. The zero-order valence-corrected chi connectivity index (χ0v) is 18.4. The van der Waals surface area contributed by atoms with Crippen LogP contribution in [0.1, 0.15) is 29.9 Å². The standard InChI is InChI=1S/C30H26BN/c31-23-17-13-21(14-18-23)22-15-19-24(20-16-22)32-29-11-5-3-9-27(29)25-7-1-2-8-26(25)28-10-4-6-12-30(28)32/h1-15,17-19,27,29H,16,20,31H2. The van der Waals surface area contributed by atoms with Crippen molar-refractivity contribution < 1.29 is 0 Å². The number of nitrogens with zero attached hydrogens (tertiary/aromatic N) is 1. The Bertz CT molecular complexity index is 1290. The van der Waals surface area contributed by atoms with Crippen molar-refractivity contribution in [2.45, 2.75) is 24.8 Å². The Hall–Kier alpha value is -3.52. The van der Waals surface area contributed by atoms with Crippen LogP contribution in [-0.4, -0.2) is 13.9 Å². The van der Waals surface area contributed by atoms with Crippen molar-refractivity contribution in [3.8, 4) is 11.1 Å². The Morgan fingerprint density at radius 3 is 2.28 bits per heavy atom. The highest BCUT2D eigenvalue weighted by molar-refractivity contribution is 6.32. The first kappa shape index (κ1) is 19.2. The highest BCUT2D eigenvalue weighted by atomic mass is 15.2. The molecule has 0 fully saturated rings. The Morgan fingerprint density at radius 1 is 0.719 bits per heavy atom. The van der Waals surface area contributed by atoms with Crippen molar-refractivity contribution in [1.29, 1.82) is 0 Å². The maximum Gasteiger partial charge on any atom is 0.139 e. The lowest BCUT2D eigenvalue weighted by atomic mass is 9.84. The van der Waals surface area contributed by atoms with Crippen LogP contribution >= 0.6 is 0 Å². The van der Waals surface area contributed by atoms with E-state index in [9.17, 15) is 0 Å². The molecule has 0 saturated heterocycles. The zero-order chi connectivity index (χ0) is 21.5. The minimum atomic E-state index is 0.283. The lowest BCUT2D eigenvalue weighted by Gasteiger charge is -2.38. The van der Waals surface area contributed by atoms with Gasteiger partial charge in [-0.3, -0.25) is 0 Å². The number of benzene rings is 3. The van der Waals surface area contributed by atoms with Crippen LogP contribution in [0, 0.1) is 0 Å². The molecule has 2 aliphatic carbocycles. The smallest absolute Gasteiger partial charge is 0.139 e. The van der Waals surface area contributed by atoms with Crippen LogP contribution in [0.15, 0.2) is 115 Å². The summed E-state index contributed by atoms with van der Waals surface area (Å²) in [4.78, 5) is 2.60. The molecule has 0 bridgehead atoms. The van der Waals surface area contributed by atoms with Crippen molar-refractivity contribution >= 4 is 24.6 Å². The molecule has 0 N–H and O–H groups in total. The van der Waals surface area contributed by atoms with Gasteiger partial charge in [0.05, 0.1) is 6.04 Å². The number of para-hydroxylation sites is 1. The van der Waals surface area contributed by atoms with E-state index in [-0.39, 0.29) is 6.04 Å². The summed E-state index contributed by atoms with van der Waals surface area (Å²) in [6.07, 6.45) is 16.0. The van der Waals surface area contributed by atoms with E-state index in [0.717, 1.165) is 12.8 Å². The number of hydrogen-bond acceptors (Lipinski definition) is 1. The second-order valence-corrected chi connectivity index (χ2v) is 8.98. The van der Waals surface area contributed by atoms with Gasteiger partial charge in [0.2, 0.25) is 0 Å². The van der Waals surface area contributed by atoms with E-state index in [1.807, 2.05) is 0 Å². The molecular weight excluding hydrogens is 385 g/mol. The number of anilines is 1. The SMILES string of the molecule is Bc1ccc(C2=CC=C(N3c4ccccc4-c4ccccc4C4C=CC=CC43)CC2)cc1. The molecule has 0 amide bonds. The van der Waals surface area contributed by atoms with Gasteiger partial charge in [-0.15, -0.1) is 0 Å². The van der Waals surface area contributed by atoms with Gasteiger partial charge < -0.3 is 4.90 Å². The summed E-state index contributed by atoms with van der Waals surface area (Å²) < 4.78 is 0. The predicted molar refractivity (Wildman–Crippen MR) is 139 cm³/mol. The molecule has 0 radical (unpaired) electrons. The molecule has 0 aromatic heterocycles. The van der Waals surface area contributed by atoms with E-state index in [1.54, 1.807) is 0 Å². The lowest BCUT2D eigenvalue weighted by molar-refractivity contribution is 0.660. The summed E-state index contributed by atoms with van der Waals surface area (Å²) in [7, 11) is 2.15. The summed E-state index contributed by atoms with van der Waals surface area (Å²) >= 11 is 0. The average Bonchev–Trinajstić information content (AvgIpc) is 2.98. The fourth-order valence-corrected chi connectivity index (χ4v) is 5.42. The second-order valence-electron chi connectivity index (χ2n) is 8.98. The fourth-order valence-electron chi connectivity index (χ4n) is 5.42. The molecule has 3 aromatic rings. The van der Waals surface area contributed by atoms with Gasteiger partial charge in [-0.2, -0.15) is 0 Å². The van der Waals surface area contributed by atoms with Crippen molar-refractivity contribution in [2.75, 3.05) is 4.90 Å². The highest BCUT2D eigenvalue weighted by Gasteiger charge is 2.35. The molecule has 1 aliphatic heterocycles. The van der Waals surface area contributed by atoms with E-state index in [2.05, 4.69) is 122 Å². The van der Waals surface area contributed by atoms with Crippen LogP contribution in [0.4, 0.5) is 5.69 Å². The summed E-state index contributed by atoms with van der Waals surface area (Å²) in [5, 5.41) is 0. The van der Waals surface area contributed by atoms with E-state index in [1.165, 1.54) is 44.7 Å². The third-order valence-electron chi connectivity index (χ3n) is 7.04. The van der Waals surface area contributed by atoms with Crippen LogP contribution in [0.25, 0.3) is 16.7 Å². The first-order chi connectivity index (χ1) is 15.8. The quantitative estimate of drug-likeness (QED) is 0.484. The minimum Gasteiger partial charge on any atom is -0.337 e. The van der Waals surface area contributed by atoms with Crippen molar-refractivity contribution in [1.82, 2.24) is 0 Å². The Balaban J connectivity index is 1.48. The fraction of sp³-hybridized carbons (Fsp3) is 0.133. The topological polar surface area (TPSA) is 3.24 Å². The number of rotatable bonds is 2. The van der Waals surface area contributed by atoms with Gasteiger partial charge in [0.1, 0.15) is 7.85 Å². The number of hydrogen-bond donors (Lipinski definition) is 0. The molecule has 1 nitrogen and oxygen atoms in total. The summed E-state index contributed by atoms with van der Waals surface area (Å²) in [6, 6.07) is 27.1. The first-order valence-electron chi connectivity index (χ1n) is 11.6. The van der Waals surface area contributed by atoms with E-state index >= 15 is 0 Å². The average molecular weight is 411 g/mol. The summed E-state index contributed by atoms with van der Waals surface area (Å²) in [6.45, 7) is 0. The molecular formula is C30H26BN. The number of allylic oxidation sites excluding steroid dienone is 6. The molecule has 3 aromatic carbocycles. The van der Waals surface area contributed by atoms with E-state index in [0.29, 0.717) is 5.92 Å². The Kier molecular flexibility index (Phi) is 4.72.